The number of rotatable bonds is 4. The quantitative estimate of drug-likeness (QED) is 0.906. The number of nitrogens with zero attached hydrogens (tertiary/aromatic N) is 1. The van der Waals surface area contributed by atoms with Crippen LogP contribution in [0.15, 0.2) is 18.2 Å². The molecule has 110 valence electrons. The normalized spacial score (nSPS) is 26.7. The second-order valence-corrected chi connectivity index (χ2v) is 6.46. The average molecular weight is 272 g/mol. The van der Waals surface area contributed by atoms with Crippen molar-refractivity contribution in [3.8, 4) is 0 Å². The number of benzene rings is 1. The molecule has 3 rings (SSSR count). The van der Waals surface area contributed by atoms with E-state index in [9.17, 15) is 0 Å². The van der Waals surface area contributed by atoms with Gasteiger partial charge in [0.15, 0.2) is 0 Å². The maximum atomic E-state index is 3.69. The lowest BCUT2D eigenvalue weighted by Gasteiger charge is -2.40. The second-order valence-electron chi connectivity index (χ2n) is 6.46. The first-order valence-electron chi connectivity index (χ1n) is 8.38. The molecule has 1 aliphatic carbocycles. The van der Waals surface area contributed by atoms with E-state index >= 15 is 0 Å². The van der Waals surface area contributed by atoms with E-state index in [2.05, 4.69) is 42.3 Å². The predicted molar refractivity (Wildman–Crippen MR) is 85.0 cm³/mol. The van der Waals surface area contributed by atoms with Crippen LogP contribution < -0.4 is 5.32 Å². The molecule has 20 heavy (non-hydrogen) atoms. The van der Waals surface area contributed by atoms with Crippen molar-refractivity contribution in [2.75, 3.05) is 13.1 Å². The molecule has 2 unspecified atom stereocenters. The molecule has 0 aromatic heterocycles. The monoisotopic (exact) mass is 272 g/mol. The zero-order valence-electron chi connectivity index (χ0n) is 13.0. The van der Waals surface area contributed by atoms with E-state index in [4.69, 9.17) is 0 Å². The van der Waals surface area contributed by atoms with Crippen LogP contribution in [0, 0.1) is 0 Å². The van der Waals surface area contributed by atoms with Gasteiger partial charge >= 0.3 is 0 Å². The summed E-state index contributed by atoms with van der Waals surface area (Å²) in [6.07, 6.45) is 6.41. The van der Waals surface area contributed by atoms with Crippen molar-refractivity contribution >= 4 is 0 Å². The largest absolute Gasteiger partial charge is 0.311 e. The Morgan fingerprint density at radius 1 is 1.15 bits per heavy atom. The van der Waals surface area contributed by atoms with Crippen LogP contribution in [0.2, 0.25) is 0 Å². The van der Waals surface area contributed by atoms with Gasteiger partial charge in [-0.2, -0.15) is 0 Å². The lowest BCUT2D eigenvalue weighted by atomic mass is 10.0. The summed E-state index contributed by atoms with van der Waals surface area (Å²) in [5.41, 5.74) is 4.71. The standard InChI is InChI=1S/C18H28N2/c1-3-17-13-20(18(4-2)11-19-17)12-14-8-9-15-6-5-7-16(15)10-14/h8-10,17-19H,3-7,11-13H2,1-2H3. The minimum absolute atomic E-state index is 0.673. The van der Waals surface area contributed by atoms with E-state index in [0.717, 1.165) is 13.1 Å². The van der Waals surface area contributed by atoms with Crippen molar-refractivity contribution in [3.63, 3.8) is 0 Å². The van der Waals surface area contributed by atoms with Gasteiger partial charge in [-0.25, -0.2) is 0 Å². The van der Waals surface area contributed by atoms with Gasteiger partial charge in [-0.05, 0) is 48.8 Å². The first-order valence-corrected chi connectivity index (χ1v) is 8.38. The molecular formula is C18H28N2. The summed E-state index contributed by atoms with van der Waals surface area (Å²) in [5.74, 6) is 0. The third-order valence-corrected chi connectivity index (χ3v) is 5.13. The van der Waals surface area contributed by atoms with Crippen LogP contribution >= 0.6 is 0 Å². The summed E-state index contributed by atoms with van der Waals surface area (Å²) < 4.78 is 0. The summed E-state index contributed by atoms with van der Waals surface area (Å²) >= 11 is 0. The highest BCUT2D eigenvalue weighted by atomic mass is 15.2. The first-order chi connectivity index (χ1) is 9.80. The molecule has 2 aliphatic rings. The van der Waals surface area contributed by atoms with Gasteiger partial charge in [-0.15, -0.1) is 0 Å². The Hall–Kier alpha value is -0.860. The Balaban J connectivity index is 1.71. The second kappa shape index (κ2) is 6.28. The van der Waals surface area contributed by atoms with Crippen LogP contribution in [-0.2, 0) is 19.4 Å². The summed E-state index contributed by atoms with van der Waals surface area (Å²) in [6, 6.07) is 8.58. The van der Waals surface area contributed by atoms with E-state index in [0.29, 0.717) is 12.1 Å². The lowest BCUT2D eigenvalue weighted by molar-refractivity contribution is 0.117. The number of aryl methyl sites for hydroxylation is 2. The molecule has 2 nitrogen and oxygen atoms in total. The van der Waals surface area contributed by atoms with Gasteiger partial charge in [0.25, 0.3) is 0 Å². The van der Waals surface area contributed by atoms with Crippen molar-refractivity contribution in [1.29, 1.82) is 0 Å². The Kier molecular flexibility index (Phi) is 4.42. The molecule has 0 saturated carbocycles. The topological polar surface area (TPSA) is 15.3 Å². The number of hydrogen-bond acceptors (Lipinski definition) is 2. The highest BCUT2D eigenvalue weighted by Crippen LogP contribution is 2.24. The maximum absolute atomic E-state index is 3.69. The van der Waals surface area contributed by atoms with Gasteiger partial charge in [-0.1, -0.05) is 32.0 Å². The average Bonchev–Trinajstić information content (AvgIpc) is 2.94. The van der Waals surface area contributed by atoms with Gasteiger partial charge in [0.2, 0.25) is 0 Å². The molecule has 1 heterocycles. The van der Waals surface area contributed by atoms with Crippen LogP contribution in [0.4, 0.5) is 0 Å². The lowest BCUT2D eigenvalue weighted by Crippen LogP contribution is -2.55. The Labute approximate surface area is 123 Å². The number of nitrogens with one attached hydrogen (secondary N) is 1. The summed E-state index contributed by atoms with van der Waals surface area (Å²) in [7, 11) is 0. The van der Waals surface area contributed by atoms with Crippen LogP contribution in [-0.4, -0.2) is 30.1 Å². The highest BCUT2D eigenvalue weighted by molar-refractivity contribution is 5.35. The molecule has 1 aliphatic heterocycles. The van der Waals surface area contributed by atoms with E-state index in [1.807, 2.05) is 0 Å². The number of piperazine rings is 1. The Bertz CT molecular complexity index is 455. The molecule has 0 bridgehead atoms. The fourth-order valence-corrected chi connectivity index (χ4v) is 3.76. The summed E-state index contributed by atoms with van der Waals surface area (Å²) in [4.78, 5) is 2.70. The number of hydrogen-bond donors (Lipinski definition) is 1. The molecule has 0 amide bonds. The Morgan fingerprint density at radius 3 is 2.80 bits per heavy atom. The molecule has 0 radical (unpaired) electrons. The van der Waals surface area contributed by atoms with Crippen molar-refractivity contribution in [2.24, 2.45) is 0 Å². The van der Waals surface area contributed by atoms with E-state index < -0.39 is 0 Å². The van der Waals surface area contributed by atoms with E-state index in [1.165, 1.54) is 44.2 Å². The molecule has 0 spiro atoms. The van der Waals surface area contributed by atoms with Gasteiger partial charge < -0.3 is 5.32 Å². The highest BCUT2D eigenvalue weighted by Gasteiger charge is 2.25. The smallest absolute Gasteiger partial charge is 0.0237 e. The molecule has 1 saturated heterocycles. The Morgan fingerprint density at radius 2 is 2.00 bits per heavy atom. The third-order valence-electron chi connectivity index (χ3n) is 5.13. The van der Waals surface area contributed by atoms with Crippen molar-refractivity contribution < 1.29 is 0 Å². The molecule has 1 aromatic carbocycles. The molecule has 1 fully saturated rings. The third kappa shape index (κ3) is 2.91. The predicted octanol–water partition coefficient (Wildman–Crippen LogP) is 3.14. The van der Waals surface area contributed by atoms with E-state index in [1.54, 1.807) is 11.1 Å². The van der Waals surface area contributed by atoms with Crippen LogP contribution in [0.25, 0.3) is 0 Å². The SMILES string of the molecule is CCC1CN(Cc2ccc3c(c2)CCC3)C(CC)CN1. The zero-order valence-corrected chi connectivity index (χ0v) is 13.0. The van der Waals surface area contributed by atoms with Gasteiger partial charge in [0.1, 0.15) is 0 Å². The van der Waals surface area contributed by atoms with Gasteiger partial charge in [0.05, 0.1) is 0 Å². The molecule has 2 atom stereocenters. The minimum Gasteiger partial charge on any atom is -0.311 e. The zero-order chi connectivity index (χ0) is 13.9. The van der Waals surface area contributed by atoms with Gasteiger partial charge in [0, 0.05) is 31.7 Å². The van der Waals surface area contributed by atoms with Gasteiger partial charge in [-0.3, -0.25) is 4.90 Å². The van der Waals surface area contributed by atoms with Crippen molar-refractivity contribution in [2.45, 2.75) is 64.6 Å². The molecular weight excluding hydrogens is 244 g/mol. The summed E-state index contributed by atoms with van der Waals surface area (Å²) in [5, 5.41) is 3.69. The van der Waals surface area contributed by atoms with Crippen LogP contribution in [0.5, 0.6) is 0 Å². The molecule has 2 heteroatoms. The van der Waals surface area contributed by atoms with Crippen molar-refractivity contribution in [1.82, 2.24) is 10.2 Å². The minimum atomic E-state index is 0.673. The van der Waals surface area contributed by atoms with Crippen LogP contribution in [0.1, 0.15) is 49.8 Å². The first kappa shape index (κ1) is 14.1. The van der Waals surface area contributed by atoms with Crippen molar-refractivity contribution in [3.05, 3.63) is 34.9 Å². The molecule has 1 aromatic rings. The summed E-state index contributed by atoms with van der Waals surface area (Å²) in [6.45, 7) is 8.09. The van der Waals surface area contributed by atoms with E-state index in [-0.39, 0.29) is 0 Å². The fourth-order valence-electron chi connectivity index (χ4n) is 3.76. The van der Waals surface area contributed by atoms with Crippen LogP contribution in [0.3, 0.4) is 0 Å². The number of fused-ring (bicyclic) bond motifs is 1. The molecule has 1 N–H and O–H groups in total. The maximum Gasteiger partial charge on any atom is 0.0237 e. The fraction of sp³-hybridized carbons (Fsp3) is 0.667.